The summed E-state index contributed by atoms with van der Waals surface area (Å²) in [6.07, 6.45) is 0. The predicted molar refractivity (Wildman–Crippen MR) is 149 cm³/mol. The number of rotatable bonds is 4. The van der Waals surface area contributed by atoms with Gasteiger partial charge in [0.15, 0.2) is 5.65 Å². The Labute approximate surface area is 222 Å². The van der Waals surface area contributed by atoms with Crippen LogP contribution < -0.4 is 5.32 Å². The van der Waals surface area contributed by atoms with Crippen LogP contribution in [0, 0.1) is 6.92 Å². The van der Waals surface area contributed by atoms with Crippen LogP contribution in [-0.4, -0.2) is 43.8 Å². The number of carbonyl (C=O) groups excluding carboxylic acids is 3. The third-order valence-corrected chi connectivity index (χ3v) is 7.04. The maximum Gasteiger partial charge on any atom is 0.262 e. The Morgan fingerprint density at radius 1 is 0.821 bits per heavy atom. The number of nitrogens with zero attached hydrogens (tertiary/aromatic N) is 4. The SMILES string of the molecule is Cc1ccc(-c2nn3c4cc(NC(=O)CN5C(=O)c6ccccc6C5=O)ccc4nc3c3ccccc23)cc1. The molecule has 0 fully saturated rings. The number of fused-ring (bicyclic) bond motifs is 6. The van der Waals surface area contributed by atoms with Crippen molar-refractivity contribution in [2.75, 3.05) is 11.9 Å². The van der Waals surface area contributed by atoms with E-state index in [1.807, 2.05) is 37.3 Å². The Morgan fingerprint density at radius 3 is 2.21 bits per heavy atom. The van der Waals surface area contributed by atoms with E-state index in [4.69, 9.17) is 10.1 Å². The molecule has 0 radical (unpaired) electrons. The molecular formula is C31H21N5O3. The van der Waals surface area contributed by atoms with E-state index in [1.165, 1.54) is 5.56 Å². The molecule has 2 aromatic heterocycles. The van der Waals surface area contributed by atoms with Gasteiger partial charge in [0.2, 0.25) is 5.91 Å². The smallest absolute Gasteiger partial charge is 0.262 e. The predicted octanol–water partition coefficient (Wildman–Crippen LogP) is 5.25. The normalized spacial score (nSPS) is 13.0. The average molecular weight is 512 g/mol. The Bertz CT molecular complexity index is 1960. The van der Waals surface area contributed by atoms with E-state index in [0.717, 1.165) is 38.0 Å². The standard InChI is InChI=1S/C31H21N5O3/c1-18-10-12-19(13-11-18)28-21-6-2-3-7-22(21)29-33-25-15-14-20(16-26(25)36(29)34-28)32-27(37)17-35-30(38)23-8-4-5-9-24(23)31(35)39/h2-16H,17H2,1H3,(H,32,37). The summed E-state index contributed by atoms with van der Waals surface area (Å²) < 4.78 is 1.80. The average Bonchev–Trinajstić information content (AvgIpc) is 3.44. The van der Waals surface area contributed by atoms with Crippen LogP contribution in [0.5, 0.6) is 0 Å². The second-order valence-electron chi connectivity index (χ2n) is 9.60. The summed E-state index contributed by atoms with van der Waals surface area (Å²) in [5.41, 5.74) is 6.29. The molecule has 0 spiro atoms. The van der Waals surface area contributed by atoms with Gasteiger partial charge in [0, 0.05) is 22.0 Å². The van der Waals surface area contributed by atoms with Crippen LogP contribution in [0.2, 0.25) is 0 Å². The van der Waals surface area contributed by atoms with Crippen molar-refractivity contribution in [1.82, 2.24) is 19.5 Å². The number of nitrogens with one attached hydrogen (secondary N) is 1. The number of benzene rings is 4. The second-order valence-corrected chi connectivity index (χ2v) is 9.60. The maximum atomic E-state index is 12.9. The second kappa shape index (κ2) is 8.59. The Balaban J connectivity index is 1.25. The lowest BCUT2D eigenvalue weighted by atomic mass is 10.0. The molecular weight excluding hydrogens is 490 g/mol. The number of anilines is 1. The molecule has 0 saturated heterocycles. The molecule has 39 heavy (non-hydrogen) atoms. The molecule has 8 nitrogen and oxygen atoms in total. The number of aryl methyl sites for hydroxylation is 1. The molecule has 8 heteroatoms. The highest BCUT2D eigenvalue weighted by atomic mass is 16.2. The molecule has 0 unspecified atom stereocenters. The summed E-state index contributed by atoms with van der Waals surface area (Å²) in [6.45, 7) is 1.67. The van der Waals surface area contributed by atoms with Gasteiger partial charge >= 0.3 is 0 Å². The zero-order valence-corrected chi connectivity index (χ0v) is 20.9. The molecule has 1 aliphatic heterocycles. The lowest BCUT2D eigenvalue weighted by Crippen LogP contribution is -2.37. The van der Waals surface area contributed by atoms with Gasteiger partial charge in [0.05, 0.1) is 27.9 Å². The molecule has 0 atom stereocenters. The molecule has 0 bridgehead atoms. The fourth-order valence-electron chi connectivity index (χ4n) is 5.11. The minimum atomic E-state index is -0.476. The number of imidazole rings is 1. The number of hydrogen-bond donors (Lipinski definition) is 1. The van der Waals surface area contributed by atoms with E-state index in [2.05, 4.69) is 29.6 Å². The summed E-state index contributed by atoms with van der Waals surface area (Å²) in [7, 11) is 0. The third-order valence-electron chi connectivity index (χ3n) is 7.04. The van der Waals surface area contributed by atoms with Crippen LogP contribution in [0.3, 0.4) is 0 Å². The van der Waals surface area contributed by atoms with E-state index in [0.29, 0.717) is 22.5 Å². The van der Waals surface area contributed by atoms with Gasteiger partial charge in [-0.15, -0.1) is 0 Å². The lowest BCUT2D eigenvalue weighted by molar-refractivity contribution is -0.116. The van der Waals surface area contributed by atoms with Crippen LogP contribution >= 0.6 is 0 Å². The van der Waals surface area contributed by atoms with E-state index >= 15 is 0 Å². The van der Waals surface area contributed by atoms with E-state index in [-0.39, 0.29) is 6.54 Å². The molecule has 3 amide bonds. The largest absolute Gasteiger partial charge is 0.324 e. The molecule has 1 aliphatic rings. The maximum absolute atomic E-state index is 12.9. The molecule has 0 aliphatic carbocycles. The van der Waals surface area contributed by atoms with Crippen LogP contribution in [0.25, 0.3) is 38.7 Å². The van der Waals surface area contributed by atoms with Crippen molar-refractivity contribution in [2.45, 2.75) is 6.92 Å². The van der Waals surface area contributed by atoms with Gasteiger partial charge in [-0.2, -0.15) is 5.10 Å². The highest BCUT2D eigenvalue weighted by molar-refractivity contribution is 6.22. The molecule has 1 N–H and O–H groups in total. The van der Waals surface area contributed by atoms with Crippen molar-refractivity contribution in [2.24, 2.45) is 0 Å². The minimum absolute atomic E-state index is 0.310. The number of hydrogen-bond acceptors (Lipinski definition) is 5. The van der Waals surface area contributed by atoms with Crippen molar-refractivity contribution >= 4 is 50.9 Å². The summed E-state index contributed by atoms with van der Waals surface area (Å²) in [5.74, 6) is -1.41. The van der Waals surface area contributed by atoms with Crippen molar-refractivity contribution in [3.8, 4) is 11.3 Å². The first kappa shape index (κ1) is 22.8. The quantitative estimate of drug-likeness (QED) is 0.326. The summed E-state index contributed by atoms with van der Waals surface area (Å²) in [5, 5.41) is 9.77. The third kappa shape index (κ3) is 3.65. The van der Waals surface area contributed by atoms with Crippen molar-refractivity contribution in [3.05, 3.63) is 108 Å². The van der Waals surface area contributed by atoms with Gasteiger partial charge in [-0.05, 0) is 37.3 Å². The van der Waals surface area contributed by atoms with Crippen LogP contribution in [-0.2, 0) is 4.79 Å². The zero-order valence-electron chi connectivity index (χ0n) is 20.9. The molecule has 7 rings (SSSR count). The van der Waals surface area contributed by atoms with Crippen molar-refractivity contribution in [1.29, 1.82) is 0 Å². The Hall–Kier alpha value is -5.37. The fourth-order valence-corrected chi connectivity index (χ4v) is 5.11. The number of aromatic nitrogens is 3. The van der Waals surface area contributed by atoms with Gasteiger partial charge in [0.25, 0.3) is 11.8 Å². The molecule has 188 valence electrons. The van der Waals surface area contributed by atoms with Gasteiger partial charge < -0.3 is 5.32 Å². The summed E-state index contributed by atoms with van der Waals surface area (Å²) >= 11 is 0. The van der Waals surface area contributed by atoms with Crippen LogP contribution in [0.15, 0.2) is 91.0 Å². The number of amides is 3. The molecule has 6 aromatic rings. The fraction of sp³-hybridized carbons (Fsp3) is 0.0645. The summed E-state index contributed by atoms with van der Waals surface area (Å²) in [4.78, 5) is 44.0. The lowest BCUT2D eigenvalue weighted by Gasteiger charge is -2.13. The van der Waals surface area contributed by atoms with Gasteiger partial charge in [-0.1, -0.05) is 66.2 Å². The number of carbonyl (C=O) groups is 3. The molecule has 4 aromatic carbocycles. The first-order valence-electron chi connectivity index (χ1n) is 12.5. The van der Waals surface area contributed by atoms with Crippen molar-refractivity contribution < 1.29 is 14.4 Å². The molecule has 3 heterocycles. The van der Waals surface area contributed by atoms with Crippen LogP contribution in [0.4, 0.5) is 5.69 Å². The first-order valence-corrected chi connectivity index (χ1v) is 12.5. The topological polar surface area (TPSA) is 96.7 Å². The highest BCUT2D eigenvalue weighted by Gasteiger charge is 2.36. The molecule has 0 saturated carbocycles. The minimum Gasteiger partial charge on any atom is -0.324 e. The van der Waals surface area contributed by atoms with Gasteiger partial charge in [0.1, 0.15) is 6.54 Å². The van der Waals surface area contributed by atoms with E-state index in [9.17, 15) is 14.4 Å². The van der Waals surface area contributed by atoms with Crippen LogP contribution in [0.1, 0.15) is 26.3 Å². The van der Waals surface area contributed by atoms with Gasteiger partial charge in [-0.3, -0.25) is 19.3 Å². The highest BCUT2D eigenvalue weighted by Crippen LogP contribution is 2.32. The van der Waals surface area contributed by atoms with Gasteiger partial charge in [-0.25, -0.2) is 9.50 Å². The monoisotopic (exact) mass is 511 g/mol. The van der Waals surface area contributed by atoms with Crippen molar-refractivity contribution in [3.63, 3.8) is 0 Å². The Morgan fingerprint density at radius 2 is 1.49 bits per heavy atom. The van der Waals surface area contributed by atoms with E-state index < -0.39 is 17.7 Å². The number of imide groups is 1. The Kier molecular flexibility index (Phi) is 5.02. The summed E-state index contributed by atoms with van der Waals surface area (Å²) in [6, 6.07) is 28.2. The van der Waals surface area contributed by atoms with E-state index in [1.54, 1.807) is 40.9 Å². The zero-order chi connectivity index (χ0) is 26.7. The first-order chi connectivity index (χ1) is 19.0.